The zero-order valence-corrected chi connectivity index (χ0v) is 15.6. The minimum atomic E-state index is -0.239. The number of halogens is 2. The van der Waals surface area contributed by atoms with Crippen LogP contribution in [0.5, 0.6) is 5.75 Å². The number of hydrogen-bond donors (Lipinski definition) is 0. The fraction of sp³-hybridized carbons (Fsp3) is 0.316. The first-order chi connectivity index (χ1) is 12.0. The van der Waals surface area contributed by atoms with Gasteiger partial charge < -0.3 is 14.5 Å². The Labute approximate surface area is 155 Å². The van der Waals surface area contributed by atoms with Crippen molar-refractivity contribution in [2.75, 3.05) is 37.7 Å². The number of anilines is 1. The predicted octanol–water partition coefficient (Wildman–Crippen LogP) is 3.62. The molecule has 2 aromatic rings. The molecule has 1 heterocycles. The quantitative estimate of drug-likeness (QED) is 0.776. The summed E-state index contributed by atoms with van der Waals surface area (Å²) in [5.41, 5.74) is 2.11. The monoisotopic (exact) mass is 406 g/mol. The number of carbonyl (C=O) groups excluding carboxylic acids is 1. The van der Waals surface area contributed by atoms with Gasteiger partial charge in [-0.1, -0.05) is 6.07 Å². The molecule has 1 fully saturated rings. The fourth-order valence-electron chi connectivity index (χ4n) is 2.82. The van der Waals surface area contributed by atoms with Crippen molar-refractivity contribution in [2.24, 2.45) is 0 Å². The molecule has 1 saturated heterocycles. The largest absolute Gasteiger partial charge is 0.483 e. The lowest BCUT2D eigenvalue weighted by molar-refractivity contribution is -0.133. The van der Waals surface area contributed by atoms with Gasteiger partial charge in [-0.05, 0) is 64.8 Å². The molecule has 0 unspecified atom stereocenters. The molecule has 0 aromatic heterocycles. The van der Waals surface area contributed by atoms with Gasteiger partial charge in [0.15, 0.2) is 6.61 Å². The summed E-state index contributed by atoms with van der Waals surface area (Å²) in [5.74, 6) is 0.409. The highest BCUT2D eigenvalue weighted by atomic mass is 79.9. The molecule has 0 saturated carbocycles. The number of amides is 1. The van der Waals surface area contributed by atoms with E-state index in [0.29, 0.717) is 18.8 Å². The SMILES string of the molecule is Cc1ccc(OCC(=O)N2CCN(c3ccc(F)cc3)CC2)c(Br)c1. The Kier molecular flexibility index (Phi) is 5.58. The highest BCUT2D eigenvalue weighted by Crippen LogP contribution is 2.25. The maximum atomic E-state index is 13.0. The van der Waals surface area contributed by atoms with Crippen molar-refractivity contribution in [3.63, 3.8) is 0 Å². The molecular weight excluding hydrogens is 387 g/mol. The Morgan fingerprint density at radius 2 is 1.80 bits per heavy atom. The van der Waals surface area contributed by atoms with Crippen LogP contribution in [0.4, 0.5) is 10.1 Å². The normalized spacial score (nSPS) is 14.5. The molecule has 0 spiro atoms. The molecule has 1 aliphatic rings. The van der Waals surface area contributed by atoms with Crippen LogP contribution in [-0.4, -0.2) is 43.6 Å². The molecule has 0 bridgehead atoms. The standard InChI is InChI=1S/C19H20BrFN2O2/c1-14-2-7-18(17(20)12-14)25-13-19(24)23-10-8-22(9-11-23)16-5-3-15(21)4-6-16/h2-7,12H,8-11,13H2,1H3. The Morgan fingerprint density at radius 3 is 2.44 bits per heavy atom. The first-order valence-electron chi connectivity index (χ1n) is 8.20. The van der Waals surface area contributed by atoms with Crippen LogP contribution >= 0.6 is 15.9 Å². The first kappa shape index (κ1) is 17.7. The molecule has 1 amide bonds. The molecule has 0 N–H and O–H groups in total. The zero-order valence-electron chi connectivity index (χ0n) is 14.0. The number of piperazine rings is 1. The van der Waals surface area contributed by atoms with E-state index in [9.17, 15) is 9.18 Å². The fourth-order valence-corrected chi connectivity index (χ4v) is 3.43. The molecule has 1 aliphatic heterocycles. The Bertz CT molecular complexity index is 744. The lowest BCUT2D eigenvalue weighted by Crippen LogP contribution is -2.50. The van der Waals surface area contributed by atoms with E-state index < -0.39 is 0 Å². The summed E-state index contributed by atoms with van der Waals surface area (Å²) in [6.45, 7) is 4.75. The summed E-state index contributed by atoms with van der Waals surface area (Å²) in [7, 11) is 0. The van der Waals surface area contributed by atoms with E-state index >= 15 is 0 Å². The third-order valence-corrected chi connectivity index (χ3v) is 4.88. The van der Waals surface area contributed by atoms with Gasteiger partial charge >= 0.3 is 0 Å². The summed E-state index contributed by atoms with van der Waals surface area (Å²) in [4.78, 5) is 16.3. The van der Waals surface area contributed by atoms with Crippen LogP contribution < -0.4 is 9.64 Å². The number of ether oxygens (including phenoxy) is 1. The molecule has 6 heteroatoms. The number of nitrogens with zero attached hydrogens (tertiary/aromatic N) is 2. The van der Waals surface area contributed by atoms with Crippen LogP contribution in [0.1, 0.15) is 5.56 Å². The van der Waals surface area contributed by atoms with E-state index in [1.165, 1.54) is 12.1 Å². The first-order valence-corrected chi connectivity index (χ1v) is 8.99. The highest BCUT2D eigenvalue weighted by Gasteiger charge is 2.21. The number of benzene rings is 2. The molecule has 25 heavy (non-hydrogen) atoms. The number of hydrogen-bond acceptors (Lipinski definition) is 3. The minimum Gasteiger partial charge on any atom is -0.483 e. The van der Waals surface area contributed by atoms with Crippen LogP contribution in [0.25, 0.3) is 0 Å². The number of aryl methyl sites for hydroxylation is 1. The van der Waals surface area contributed by atoms with Crippen LogP contribution in [-0.2, 0) is 4.79 Å². The number of carbonyl (C=O) groups is 1. The lowest BCUT2D eigenvalue weighted by Gasteiger charge is -2.36. The second kappa shape index (κ2) is 7.87. The smallest absolute Gasteiger partial charge is 0.260 e. The summed E-state index contributed by atoms with van der Waals surface area (Å²) in [5, 5.41) is 0. The molecule has 132 valence electrons. The van der Waals surface area contributed by atoms with Crippen molar-refractivity contribution in [2.45, 2.75) is 6.92 Å². The maximum Gasteiger partial charge on any atom is 0.260 e. The van der Waals surface area contributed by atoms with E-state index in [4.69, 9.17) is 4.74 Å². The van der Waals surface area contributed by atoms with E-state index in [1.807, 2.05) is 30.0 Å². The van der Waals surface area contributed by atoms with Gasteiger partial charge in [0.05, 0.1) is 4.47 Å². The van der Waals surface area contributed by atoms with Gasteiger partial charge in [-0.3, -0.25) is 4.79 Å². The third-order valence-electron chi connectivity index (χ3n) is 4.26. The van der Waals surface area contributed by atoms with Crippen molar-refractivity contribution in [3.8, 4) is 5.75 Å². The average Bonchev–Trinajstić information content (AvgIpc) is 2.61. The molecule has 0 atom stereocenters. The van der Waals surface area contributed by atoms with Crippen LogP contribution in [0.15, 0.2) is 46.9 Å². The topological polar surface area (TPSA) is 32.8 Å². The van der Waals surface area contributed by atoms with Gasteiger partial charge in [0.25, 0.3) is 5.91 Å². The summed E-state index contributed by atoms with van der Waals surface area (Å²) < 4.78 is 19.5. The predicted molar refractivity (Wildman–Crippen MR) is 99.6 cm³/mol. The van der Waals surface area contributed by atoms with Gasteiger partial charge in [-0.2, -0.15) is 0 Å². The molecule has 3 rings (SSSR count). The van der Waals surface area contributed by atoms with E-state index in [0.717, 1.165) is 28.8 Å². The van der Waals surface area contributed by atoms with Crippen LogP contribution in [0.3, 0.4) is 0 Å². The molecule has 2 aromatic carbocycles. The maximum absolute atomic E-state index is 13.0. The summed E-state index contributed by atoms with van der Waals surface area (Å²) in [6, 6.07) is 12.2. The summed E-state index contributed by atoms with van der Waals surface area (Å²) >= 11 is 3.45. The van der Waals surface area contributed by atoms with Gasteiger partial charge in [-0.25, -0.2) is 4.39 Å². The van der Waals surface area contributed by atoms with Crippen molar-refractivity contribution in [1.29, 1.82) is 0 Å². The third kappa shape index (κ3) is 4.51. The van der Waals surface area contributed by atoms with Crippen molar-refractivity contribution >= 4 is 27.5 Å². The number of rotatable bonds is 4. The average molecular weight is 407 g/mol. The highest BCUT2D eigenvalue weighted by molar-refractivity contribution is 9.10. The zero-order chi connectivity index (χ0) is 17.8. The summed E-state index contributed by atoms with van der Waals surface area (Å²) in [6.07, 6.45) is 0. The second-order valence-electron chi connectivity index (χ2n) is 6.07. The van der Waals surface area contributed by atoms with E-state index in [1.54, 1.807) is 12.1 Å². The Morgan fingerprint density at radius 1 is 1.12 bits per heavy atom. The molecule has 0 radical (unpaired) electrons. The van der Waals surface area contributed by atoms with Crippen LogP contribution in [0, 0.1) is 12.7 Å². The van der Waals surface area contributed by atoms with Crippen molar-refractivity contribution in [3.05, 3.63) is 58.3 Å². The van der Waals surface area contributed by atoms with Crippen LogP contribution in [0.2, 0.25) is 0 Å². The van der Waals surface area contributed by atoms with Crippen molar-refractivity contribution in [1.82, 2.24) is 4.90 Å². The van der Waals surface area contributed by atoms with E-state index in [2.05, 4.69) is 20.8 Å². The Balaban J connectivity index is 1.50. The molecule has 4 nitrogen and oxygen atoms in total. The minimum absolute atomic E-state index is 0.0220. The van der Waals surface area contributed by atoms with E-state index in [-0.39, 0.29) is 18.3 Å². The van der Waals surface area contributed by atoms with Gasteiger partial charge in [0.2, 0.25) is 0 Å². The lowest BCUT2D eigenvalue weighted by atomic mass is 10.2. The Hall–Kier alpha value is -2.08. The molecule has 0 aliphatic carbocycles. The van der Waals surface area contributed by atoms with Gasteiger partial charge in [0, 0.05) is 31.9 Å². The van der Waals surface area contributed by atoms with Gasteiger partial charge in [-0.15, -0.1) is 0 Å². The van der Waals surface area contributed by atoms with Gasteiger partial charge in [0.1, 0.15) is 11.6 Å². The van der Waals surface area contributed by atoms with Crippen molar-refractivity contribution < 1.29 is 13.9 Å². The molecular formula is C19H20BrFN2O2. The second-order valence-corrected chi connectivity index (χ2v) is 6.92.